The molecular weight excluding hydrogens is 272 g/mol. The van der Waals surface area contributed by atoms with Crippen LogP contribution in [-0.4, -0.2) is 13.4 Å². The van der Waals surface area contributed by atoms with Gasteiger partial charge >= 0.3 is 0 Å². The average Bonchev–Trinajstić information content (AvgIpc) is 2.32. The number of halogens is 1. The van der Waals surface area contributed by atoms with Crippen molar-refractivity contribution in [1.82, 2.24) is 4.98 Å². The molecule has 0 aliphatic rings. The summed E-state index contributed by atoms with van der Waals surface area (Å²) in [6.07, 6.45) is 3.04. The highest BCUT2D eigenvalue weighted by atomic mass is 35.5. The summed E-state index contributed by atoms with van der Waals surface area (Å²) in [6.45, 7) is 0. The van der Waals surface area contributed by atoms with Crippen LogP contribution in [0, 0.1) is 0 Å². The first-order valence-corrected chi connectivity index (χ1v) is 7.23. The summed E-state index contributed by atoms with van der Waals surface area (Å²) in [4.78, 5) is 3.84. The Morgan fingerprint density at radius 3 is 2.50 bits per heavy atom. The number of nitrogens with zero attached hydrogens (tertiary/aromatic N) is 1. The molecule has 18 heavy (non-hydrogen) atoms. The number of rotatable bonds is 4. The van der Waals surface area contributed by atoms with Crippen LogP contribution in [0.25, 0.3) is 0 Å². The molecule has 1 N–H and O–H groups in total. The molecule has 6 heteroatoms. The van der Waals surface area contributed by atoms with Crippen molar-refractivity contribution in [2.24, 2.45) is 0 Å². The Kier molecular flexibility index (Phi) is 3.84. The highest BCUT2D eigenvalue weighted by molar-refractivity contribution is 7.91. The molecule has 0 aliphatic heterocycles. The van der Waals surface area contributed by atoms with Crippen molar-refractivity contribution in [2.75, 3.05) is 4.72 Å². The Morgan fingerprint density at radius 1 is 1.17 bits per heavy atom. The van der Waals surface area contributed by atoms with Crippen molar-refractivity contribution in [3.8, 4) is 0 Å². The van der Waals surface area contributed by atoms with Crippen LogP contribution in [0.3, 0.4) is 0 Å². The van der Waals surface area contributed by atoms with Gasteiger partial charge in [0.1, 0.15) is 0 Å². The lowest BCUT2D eigenvalue weighted by Crippen LogP contribution is -2.15. The SMILES string of the molecule is O=S(=O)(Cc1ccc(Cl)cc1)Nc1cccnc1. The fourth-order valence-corrected chi connectivity index (χ4v) is 2.75. The van der Waals surface area contributed by atoms with Gasteiger partial charge in [0.05, 0.1) is 17.6 Å². The molecule has 1 aromatic heterocycles. The fourth-order valence-electron chi connectivity index (χ4n) is 1.44. The third-order valence-electron chi connectivity index (χ3n) is 2.20. The number of pyridine rings is 1. The van der Waals surface area contributed by atoms with Gasteiger partial charge < -0.3 is 0 Å². The smallest absolute Gasteiger partial charge is 0.236 e. The van der Waals surface area contributed by atoms with Crippen molar-refractivity contribution >= 4 is 27.3 Å². The average molecular weight is 283 g/mol. The number of sulfonamides is 1. The first-order chi connectivity index (χ1) is 8.55. The lowest BCUT2D eigenvalue weighted by molar-refractivity contribution is 0.600. The zero-order valence-corrected chi connectivity index (χ0v) is 10.9. The molecule has 0 atom stereocenters. The van der Waals surface area contributed by atoms with E-state index in [1.54, 1.807) is 42.6 Å². The normalized spacial score (nSPS) is 11.2. The highest BCUT2D eigenvalue weighted by Gasteiger charge is 2.11. The monoisotopic (exact) mass is 282 g/mol. The second-order valence-corrected chi connectivity index (χ2v) is 5.89. The number of benzene rings is 1. The minimum atomic E-state index is -3.43. The minimum Gasteiger partial charge on any atom is -0.282 e. The molecule has 4 nitrogen and oxygen atoms in total. The Balaban J connectivity index is 2.10. The standard InChI is InChI=1S/C12H11ClN2O2S/c13-11-5-3-10(4-6-11)9-18(16,17)15-12-2-1-7-14-8-12/h1-8,15H,9H2. The van der Waals surface area contributed by atoms with Crippen molar-refractivity contribution in [1.29, 1.82) is 0 Å². The second kappa shape index (κ2) is 5.37. The molecule has 0 fully saturated rings. The maximum Gasteiger partial charge on any atom is 0.236 e. The van der Waals surface area contributed by atoms with Crippen molar-refractivity contribution in [3.05, 3.63) is 59.4 Å². The number of aromatic nitrogens is 1. The van der Waals surface area contributed by atoms with Crippen molar-refractivity contribution in [2.45, 2.75) is 5.75 Å². The summed E-state index contributed by atoms with van der Waals surface area (Å²) in [7, 11) is -3.43. The summed E-state index contributed by atoms with van der Waals surface area (Å²) >= 11 is 5.74. The molecule has 94 valence electrons. The topological polar surface area (TPSA) is 59.1 Å². The molecule has 0 spiro atoms. The number of hydrogen-bond donors (Lipinski definition) is 1. The van der Waals surface area contributed by atoms with Gasteiger partial charge in [-0.2, -0.15) is 0 Å². The first-order valence-electron chi connectivity index (χ1n) is 5.20. The molecule has 0 bridgehead atoms. The van der Waals surface area contributed by atoms with Crippen LogP contribution >= 0.6 is 11.6 Å². The summed E-state index contributed by atoms with van der Waals surface area (Å²) < 4.78 is 26.2. The lowest BCUT2D eigenvalue weighted by atomic mass is 10.2. The van der Waals surface area contributed by atoms with E-state index in [0.717, 1.165) is 0 Å². The van der Waals surface area contributed by atoms with Gasteiger partial charge in [-0.05, 0) is 29.8 Å². The third-order valence-corrected chi connectivity index (χ3v) is 3.72. The van der Waals surface area contributed by atoms with Gasteiger partial charge in [0, 0.05) is 11.2 Å². The van der Waals surface area contributed by atoms with E-state index in [0.29, 0.717) is 16.3 Å². The predicted molar refractivity (Wildman–Crippen MR) is 71.9 cm³/mol. The molecular formula is C12H11ClN2O2S. The molecule has 2 aromatic rings. The zero-order chi connectivity index (χ0) is 13.0. The Hall–Kier alpha value is -1.59. The van der Waals surface area contributed by atoms with Crippen molar-refractivity contribution < 1.29 is 8.42 Å². The molecule has 1 heterocycles. The third kappa shape index (κ3) is 3.72. The van der Waals surface area contributed by atoms with Crippen LogP contribution < -0.4 is 4.72 Å². The maximum absolute atomic E-state index is 11.9. The van der Waals surface area contributed by atoms with Gasteiger partial charge in [-0.1, -0.05) is 23.7 Å². The quantitative estimate of drug-likeness (QED) is 0.938. The number of hydrogen-bond acceptors (Lipinski definition) is 3. The van der Waals surface area contributed by atoms with E-state index in [4.69, 9.17) is 11.6 Å². The number of nitrogens with one attached hydrogen (secondary N) is 1. The van der Waals surface area contributed by atoms with Gasteiger partial charge in [0.15, 0.2) is 0 Å². The highest BCUT2D eigenvalue weighted by Crippen LogP contribution is 2.14. The van der Waals surface area contributed by atoms with Crippen LogP contribution in [0.2, 0.25) is 5.02 Å². The molecule has 0 amide bonds. The molecule has 2 rings (SSSR count). The Labute approximate surface area is 111 Å². The first kappa shape index (κ1) is 12.9. The van der Waals surface area contributed by atoms with Crippen LogP contribution in [0.4, 0.5) is 5.69 Å². The van der Waals surface area contributed by atoms with E-state index in [1.165, 1.54) is 6.20 Å². The Morgan fingerprint density at radius 2 is 1.89 bits per heavy atom. The van der Waals surface area contributed by atoms with E-state index >= 15 is 0 Å². The lowest BCUT2D eigenvalue weighted by Gasteiger charge is -2.07. The molecule has 0 unspecified atom stereocenters. The summed E-state index contributed by atoms with van der Waals surface area (Å²) in [5, 5.41) is 0.580. The van der Waals surface area contributed by atoms with E-state index in [2.05, 4.69) is 9.71 Å². The predicted octanol–water partition coefficient (Wildman–Crippen LogP) is 2.68. The molecule has 0 saturated heterocycles. The summed E-state index contributed by atoms with van der Waals surface area (Å²) in [6, 6.07) is 10.0. The van der Waals surface area contributed by atoms with Gasteiger partial charge in [0.2, 0.25) is 10.0 Å². The molecule has 0 radical (unpaired) electrons. The summed E-state index contributed by atoms with van der Waals surface area (Å²) in [5.41, 5.74) is 1.13. The number of anilines is 1. The van der Waals surface area contributed by atoms with Gasteiger partial charge in [0.25, 0.3) is 0 Å². The van der Waals surface area contributed by atoms with Gasteiger partial charge in [-0.3, -0.25) is 9.71 Å². The summed E-state index contributed by atoms with van der Waals surface area (Å²) in [5.74, 6) is -0.0982. The maximum atomic E-state index is 11.9. The van der Waals surface area contributed by atoms with Crippen molar-refractivity contribution in [3.63, 3.8) is 0 Å². The van der Waals surface area contributed by atoms with E-state index in [1.807, 2.05) is 0 Å². The minimum absolute atomic E-state index is 0.0982. The van der Waals surface area contributed by atoms with E-state index in [-0.39, 0.29) is 5.75 Å². The van der Waals surface area contributed by atoms with Crippen LogP contribution in [0.5, 0.6) is 0 Å². The van der Waals surface area contributed by atoms with Crippen LogP contribution in [-0.2, 0) is 15.8 Å². The second-order valence-electron chi connectivity index (χ2n) is 3.73. The zero-order valence-electron chi connectivity index (χ0n) is 9.38. The van der Waals surface area contributed by atoms with Gasteiger partial charge in [-0.25, -0.2) is 8.42 Å². The van der Waals surface area contributed by atoms with E-state index < -0.39 is 10.0 Å². The largest absolute Gasteiger partial charge is 0.282 e. The molecule has 1 aromatic carbocycles. The van der Waals surface area contributed by atoms with Crippen LogP contribution in [0.1, 0.15) is 5.56 Å². The molecule has 0 aliphatic carbocycles. The van der Waals surface area contributed by atoms with E-state index in [9.17, 15) is 8.42 Å². The van der Waals surface area contributed by atoms with Gasteiger partial charge in [-0.15, -0.1) is 0 Å². The molecule has 0 saturated carbocycles. The fraction of sp³-hybridized carbons (Fsp3) is 0.0833. The Bertz CT molecular complexity index is 612. The van der Waals surface area contributed by atoms with Crippen LogP contribution in [0.15, 0.2) is 48.8 Å².